The lowest BCUT2D eigenvalue weighted by atomic mass is 10.2. The van der Waals surface area contributed by atoms with Gasteiger partial charge in [-0.25, -0.2) is 4.98 Å². The highest BCUT2D eigenvalue weighted by molar-refractivity contribution is 5.14. The van der Waals surface area contributed by atoms with E-state index in [0.29, 0.717) is 12.0 Å². The highest BCUT2D eigenvalue weighted by Gasteiger charge is 2.32. The van der Waals surface area contributed by atoms with Crippen molar-refractivity contribution in [3.05, 3.63) is 35.7 Å². The van der Waals surface area contributed by atoms with Crippen LogP contribution in [0.1, 0.15) is 48.9 Å². The SMILES string of the molecule is Cn1ccnc1CN(Cc1cc(C2CC2)on1)C1CC1. The zero-order chi connectivity index (χ0) is 13.5. The normalized spacial score (nSPS) is 18.9. The van der Waals surface area contributed by atoms with Gasteiger partial charge in [-0.1, -0.05) is 5.16 Å². The lowest BCUT2D eigenvalue weighted by Crippen LogP contribution is -2.26. The third-order valence-corrected chi connectivity index (χ3v) is 4.25. The van der Waals surface area contributed by atoms with Gasteiger partial charge in [0.25, 0.3) is 0 Å². The molecule has 2 heterocycles. The van der Waals surface area contributed by atoms with Crippen LogP contribution in [-0.4, -0.2) is 25.6 Å². The molecular weight excluding hydrogens is 252 g/mol. The maximum atomic E-state index is 5.45. The van der Waals surface area contributed by atoms with E-state index < -0.39 is 0 Å². The lowest BCUT2D eigenvalue weighted by molar-refractivity contribution is 0.229. The molecule has 0 bridgehead atoms. The van der Waals surface area contributed by atoms with Crippen molar-refractivity contribution < 1.29 is 4.52 Å². The van der Waals surface area contributed by atoms with E-state index in [2.05, 4.69) is 32.7 Å². The van der Waals surface area contributed by atoms with Crippen LogP contribution in [0, 0.1) is 0 Å². The number of hydrogen-bond donors (Lipinski definition) is 0. The fourth-order valence-corrected chi connectivity index (χ4v) is 2.66. The third kappa shape index (κ3) is 2.50. The number of hydrogen-bond acceptors (Lipinski definition) is 4. The summed E-state index contributed by atoms with van der Waals surface area (Å²) in [7, 11) is 2.05. The monoisotopic (exact) mass is 272 g/mol. The minimum absolute atomic E-state index is 0.639. The molecule has 2 aromatic rings. The quantitative estimate of drug-likeness (QED) is 0.810. The van der Waals surface area contributed by atoms with Crippen LogP contribution < -0.4 is 0 Å². The van der Waals surface area contributed by atoms with E-state index in [1.54, 1.807) is 0 Å². The van der Waals surface area contributed by atoms with Crippen molar-refractivity contribution in [2.45, 2.75) is 50.7 Å². The molecule has 2 aliphatic rings. The maximum Gasteiger partial charge on any atom is 0.140 e. The molecule has 2 aromatic heterocycles. The number of imidazole rings is 1. The molecule has 0 radical (unpaired) electrons. The average molecular weight is 272 g/mol. The van der Waals surface area contributed by atoms with Gasteiger partial charge in [-0.15, -0.1) is 0 Å². The molecule has 5 heteroatoms. The summed E-state index contributed by atoms with van der Waals surface area (Å²) in [6.45, 7) is 1.76. The first-order valence-electron chi connectivity index (χ1n) is 7.45. The van der Waals surface area contributed by atoms with E-state index >= 15 is 0 Å². The second kappa shape index (κ2) is 4.74. The smallest absolute Gasteiger partial charge is 0.140 e. The zero-order valence-electron chi connectivity index (χ0n) is 11.8. The van der Waals surface area contributed by atoms with Gasteiger partial charge in [-0.3, -0.25) is 4.90 Å². The van der Waals surface area contributed by atoms with Gasteiger partial charge in [0.05, 0.1) is 12.2 Å². The fraction of sp³-hybridized carbons (Fsp3) is 0.600. The van der Waals surface area contributed by atoms with E-state index in [1.165, 1.54) is 25.7 Å². The van der Waals surface area contributed by atoms with Crippen molar-refractivity contribution in [3.63, 3.8) is 0 Å². The van der Waals surface area contributed by atoms with Crippen molar-refractivity contribution in [2.24, 2.45) is 7.05 Å². The molecule has 0 aromatic carbocycles. The molecule has 0 unspecified atom stereocenters. The Bertz CT molecular complexity index is 595. The van der Waals surface area contributed by atoms with Crippen LogP contribution >= 0.6 is 0 Å². The van der Waals surface area contributed by atoms with Crippen LogP contribution in [0.25, 0.3) is 0 Å². The van der Waals surface area contributed by atoms with Gasteiger partial charge >= 0.3 is 0 Å². The number of aryl methyl sites for hydroxylation is 1. The fourth-order valence-electron chi connectivity index (χ4n) is 2.66. The Morgan fingerprint density at radius 2 is 2.15 bits per heavy atom. The van der Waals surface area contributed by atoms with Crippen LogP contribution in [0.15, 0.2) is 23.0 Å². The molecule has 0 amide bonds. The van der Waals surface area contributed by atoms with Crippen LogP contribution in [0.3, 0.4) is 0 Å². The van der Waals surface area contributed by atoms with E-state index in [1.807, 2.05) is 12.4 Å². The summed E-state index contributed by atoms with van der Waals surface area (Å²) in [5, 5.41) is 4.24. The molecular formula is C15H20N4O. The minimum atomic E-state index is 0.639. The van der Waals surface area contributed by atoms with Crippen LogP contribution in [0.4, 0.5) is 0 Å². The lowest BCUT2D eigenvalue weighted by Gasteiger charge is -2.20. The van der Waals surface area contributed by atoms with Crippen molar-refractivity contribution in [2.75, 3.05) is 0 Å². The summed E-state index contributed by atoms with van der Waals surface area (Å²) in [4.78, 5) is 6.90. The molecule has 0 N–H and O–H groups in total. The Kier molecular flexibility index (Phi) is 2.88. The first-order valence-corrected chi connectivity index (χ1v) is 7.45. The van der Waals surface area contributed by atoms with Gasteiger partial charge < -0.3 is 9.09 Å². The van der Waals surface area contributed by atoms with Crippen molar-refractivity contribution in [1.82, 2.24) is 19.6 Å². The maximum absolute atomic E-state index is 5.45. The Morgan fingerprint density at radius 1 is 1.30 bits per heavy atom. The minimum Gasteiger partial charge on any atom is -0.361 e. The molecule has 20 heavy (non-hydrogen) atoms. The summed E-state index contributed by atoms with van der Waals surface area (Å²) < 4.78 is 7.54. The summed E-state index contributed by atoms with van der Waals surface area (Å²) in [5.41, 5.74) is 1.06. The van der Waals surface area contributed by atoms with Crippen molar-refractivity contribution >= 4 is 0 Å². The van der Waals surface area contributed by atoms with E-state index in [9.17, 15) is 0 Å². The van der Waals surface area contributed by atoms with Gasteiger partial charge in [0, 0.05) is 44.0 Å². The molecule has 0 spiro atoms. The van der Waals surface area contributed by atoms with Crippen LogP contribution in [-0.2, 0) is 20.1 Å². The molecule has 4 rings (SSSR count). The molecule has 2 fully saturated rings. The number of rotatable bonds is 6. The Morgan fingerprint density at radius 3 is 2.80 bits per heavy atom. The predicted octanol–water partition coefficient (Wildman–Crippen LogP) is 2.45. The third-order valence-electron chi connectivity index (χ3n) is 4.25. The Hall–Kier alpha value is -1.62. The van der Waals surface area contributed by atoms with Gasteiger partial charge in [-0.05, 0) is 25.7 Å². The number of nitrogens with zero attached hydrogens (tertiary/aromatic N) is 4. The Labute approximate surface area is 118 Å². The van der Waals surface area contributed by atoms with Crippen molar-refractivity contribution in [1.29, 1.82) is 0 Å². The highest BCUT2D eigenvalue weighted by Crippen LogP contribution is 2.40. The first kappa shape index (κ1) is 12.1. The molecule has 5 nitrogen and oxygen atoms in total. The highest BCUT2D eigenvalue weighted by atomic mass is 16.5. The summed E-state index contributed by atoms with van der Waals surface area (Å²) in [5.74, 6) is 2.83. The second-order valence-electron chi connectivity index (χ2n) is 6.09. The molecule has 106 valence electrons. The number of aromatic nitrogens is 3. The van der Waals surface area contributed by atoms with E-state index in [0.717, 1.165) is 30.4 Å². The molecule has 0 saturated heterocycles. The molecule has 0 aliphatic heterocycles. The van der Waals surface area contributed by atoms with Gasteiger partial charge in [-0.2, -0.15) is 0 Å². The zero-order valence-corrected chi connectivity index (χ0v) is 11.8. The Balaban J connectivity index is 1.46. The summed E-state index contributed by atoms with van der Waals surface area (Å²) in [6, 6.07) is 2.83. The van der Waals surface area contributed by atoms with E-state index in [-0.39, 0.29) is 0 Å². The van der Waals surface area contributed by atoms with Crippen LogP contribution in [0.2, 0.25) is 0 Å². The predicted molar refractivity (Wildman–Crippen MR) is 74.0 cm³/mol. The molecule has 2 saturated carbocycles. The first-order chi connectivity index (χ1) is 9.79. The van der Waals surface area contributed by atoms with E-state index in [4.69, 9.17) is 4.52 Å². The molecule has 0 atom stereocenters. The van der Waals surface area contributed by atoms with Gasteiger partial charge in [0.2, 0.25) is 0 Å². The summed E-state index contributed by atoms with van der Waals surface area (Å²) >= 11 is 0. The topological polar surface area (TPSA) is 47.1 Å². The van der Waals surface area contributed by atoms with Crippen LogP contribution in [0.5, 0.6) is 0 Å². The summed E-state index contributed by atoms with van der Waals surface area (Å²) in [6.07, 6.45) is 8.96. The second-order valence-corrected chi connectivity index (χ2v) is 6.09. The van der Waals surface area contributed by atoms with Gasteiger partial charge in [0.15, 0.2) is 0 Å². The van der Waals surface area contributed by atoms with Gasteiger partial charge in [0.1, 0.15) is 11.6 Å². The largest absolute Gasteiger partial charge is 0.361 e. The average Bonchev–Trinajstić information content (AvgIpc) is 3.36. The van der Waals surface area contributed by atoms with Crippen molar-refractivity contribution in [3.8, 4) is 0 Å². The standard InChI is InChI=1S/C15H20N4O/c1-18-7-6-16-15(18)10-19(13-4-5-13)9-12-8-14(20-17-12)11-2-3-11/h6-8,11,13H,2-5,9-10H2,1H3. The molecule has 2 aliphatic carbocycles.